The molecule has 0 saturated heterocycles. The van der Waals surface area contributed by atoms with Crippen LogP contribution in [0.15, 0.2) is 24.3 Å². The Bertz CT molecular complexity index is 936. The summed E-state index contributed by atoms with van der Waals surface area (Å²) in [6.45, 7) is 0.339. The summed E-state index contributed by atoms with van der Waals surface area (Å²) < 4.78 is 19.7. The van der Waals surface area contributed by atoms with E-state index in [-0.39, 0.29) is 23.5 Å². The molecule has 0 bridgehead atoms. The van der Waals surface area contributed by atoms with Crippen LogP contribution in [0.1, 0.15) is 28.0 Å². The van der Waals surface area contributed by atoms with Gasteiger partial charge in [0.25, 0.3) is 0 Å². The number of aromatic nitrogens is 1. The minimum Gasteiger partial charge on any atom is -0.492 e. The van der Waals surface area contributed by atoms with Gasteiger partial charge < -0.3 is 14.8 Å². The number of H-pyrrole nitrogens is 1. The molecule has 4 rings (SSSR count). The molecule has 116 valence electrons. The van der Waals surface area contributed by atoms with Gasteiger partial charge in [-0.05, 0) is 6.07 Å². The number of halogens is 1. The lowest BCUT2D eigenvalue weighted by molar-refractivity contribution is -0.113. The van der Waals surface area contributed by atoms with Crippen molar-refractivity contribution in [1.82, 2.24) is 4.98 Å². The number of carbonyl (C=O) groups is 2. The highest BCUT2D eigenvalue weighted by atomic mass is 19.1. The molecule has 2 aliphatic rings. The first-order valence-electron chi connectivity index (χ1n) is 7.21. The van der Waals surface area contributed by atoms with E-state index < -0.39 is 11.8 Å². The van der Waals surface area contributed by atoms with Gasteiger partial charge in [-0.2, -0.15) is 0 Å². The van der Waals surface area contributed by atoms with E-state index in [2.05, 4.69) is 4.98 Å². The molecular formula is C17H12FNO4. The number of carboxylic acids is 1. The molecule has 2 heterocycles. The van der Waals surface area contributed by atoms with E-state index in [0.717, 1.165) is 0 Å². The maximum absolute atomic E-state index is 14.1. The summed E-state index contributed by atoms with van der Waals surface area (Å²) in [7, 11) is 0. The molecule has 0 saturated carbocycles. The fourth-order valence-electron chi connectivity index (χ4n) is 3.18. The van der Waals surface area contributed by atoms with Gasteiger partial charge in [0.2, 0.25) is 0 Å². The van der Waals surface area contributed by atoms with E-state index in [0.29, 0.717) is 40.8 Å². The van der Waals surface area contributed by atoms with Crippen LogP contribution >= 0.6 is 0 Å². The molecule has 1 aromatic heterocycles. The van der Waals surface area contributed by atoms with Crippen LogP contribution in [0.2, 0.25) is 0 Å². The molecule has 0 fully saturated rings. The van der Waals surface area contributed by atoms with Crippen LogP contribution in [0.4, 0.5) is 4.39 Å². The fraction of sp³-hybridized carbons (Fsp3) is 0.176. The van der Waals surface area contributed by atoms with Crippen molar-refractivity contribution in [3.63, 3.8) is 0 Å². The van der Waals surface area contributed by atoms with Gasteiger partial charge >= 0.3 is 5.97 Å². The van der Waals surface area contributed by atoms with Crippen LogP contribution in [-0.2, 0) is 11.2 Å². The molecule has 1 aliphatic carbocycles. The number of nitrogens with one attached hydrogen (secondary N) is 1. The summed E-state index contributed by atoms with van der Waals surface area (Å²) in [6, 6.07) is 1.27. The van der Waals surface area contributed by atoms with Crippen molar-refractivity contribution in [3.8, 4) is 5.75 Å². The molecule has 6 heteroatoms. The monoisotopic (exact) mass is 313 g/mol. The molecule has 23 heavy (non-hydrogen) atoms. The SMILES string of the molecule is O=C1CC=CC=C1c1c(C(=O)O)[nH]c2cc(F)c3c(c12)OCC3. The van der Waals surface area contributed by atoms with Crippen molar-refractivity contribution in [2.75, 3.05) is 6.61 Å². The van der Waals surface area contributed by atoms with Crippen LogP contribution in [0.5, 0.6) is 5.75 Å². The number of carbonyl (C=O) groups excluding carboxylic acids is 1. The van der Waals surface area contributed by atoms with Crippen molar-refractivity contribution in [2.24, 2.45) is 0 Å². The van der Waals surface area contributed by atoms with Gasteiger partial charge in [0.1, 0.15) is 17.3 Å². The average Bonchev–Trinajstić information content (AvgIpc) is 3.12. The van der Waals surface area contributed by atoms with Crippen molar-refractivity contribution in [3.05, 3.63) is 46.9 Å². The van der Waals surface area contributed by atoms with Crippen molar-refractivity contribution < 1.29 is 23.8 Å². The highest BCUT2D eigenvalue weighted by Gasteiger charge is 2.30. The largest absolute Gasteiger partial charge is 0.492 e. The number of hydrogen-bond donors (Lipinski definition) is 2. The number of allylic oxidation sites excluding steroid dienone is 4. The summed E-state index contributed by atoms with van der Waals surface area (Å²) in [5.41, 5.74) is 1.20. The maximum Gasteiger partial charge on any atom is 0.352 e. The molecule has 1 aromatic carbocycles. The number of aromatic carboxylic acids is 1. The maximum atomic E-state index is 14.1. The molecule has 0 amide bonds. The van der Waals surface area contributed by atoms with Gasteiger partial charge in [-0.15, -0.1) is 0 Å². The predicted octanol–water partition coefficient (Wildman–Crippen LogP) is 2.85. The fourth-order valence-corrected chi connectivity index (χ4v) is 3.18. The molecular weight excluding hydrogens is 301 g/mol. The van der Waals surface area contributed by atoms with Crippen LogP contribution in [0.25, 0.3) is 16.5 Å². The number of carboxylic acid groups (broad SMARTS) is 1. The highest BCUT2D eigenvalue weighted by molar-refractivity contribution is 6.28. The lowest BCUT2D eigenvalue weighted by atomic mass is 9.92. The third-order valence-corrected chi connectivity index (χ3v) is 4.17. The van der Waals surface area contributed by atoms with Crippen LogP contribution < -0.4 is 4.74 Å². The third kappa shape index (κ3) is 1.91. The average molecular weight is 313 g/mol. The van der Waals surface area contributed by atoms with Crippen LogP contribution in [0.3, 0.4) is 0 Å². The first-order valence-corrected chi connectivity index (χ1v) is 7.21. The number of Topliss-reactive ketones (excluding diaryl/α,β-unsaturated/α-hetero) is 1. The Balaban J connectivity index is 2.13. The number of rotatable bonds is 2. The summed E-state index contributed by atoms with van der Waals surface area (Å²) >= 11 is 0. The predicted molar refractivity (Wildman–Crippen MR) is 81.2 cm³/mol. The zero-order valence-corrected chi connectivity index (χ0v) is 12.0. The zero-order valence-electron chi connectivity index (χ0n) is 12.0. The minimum atomic E-state index is -1.20. The van der Waals surface area contributed by atoms with Gasteiger partial charge in [-0.3, -0.25) is 4.79 Å². The first-order chi connectivity index (χ1) is 11.1. The third-order valence-electron chi connectivity index (χ3n) is 4.17. The molecule has 1 aliphatic heterocycles. The second-order valence-corrected chi connectivity index (χ2v) is 5.50. The standard InChI is InChI=1S/C17H12FNO4/c18-10-7-11-14(16-8(10)5-6-23-16)13(15(19-11)17(21)22)9-3-1-2-4-12(9)20/h1-3,7,19H,4-6H2,(H,21,22). The highest BCUT2D eigenvalue weighted by Crippen LogP contribution is 2.42. The van der Waals surface area contributed by atoms with Gasteiger partial charge in [-0.25, -0.2) is 9.18 Å². The smallest absolute Gasteiger partial charge is 0.352 e. The number of ether oxygens (including phenoxy) is 1. The van der Waals surface area contributed by atoms with Gasteiger partial charge in [0.15, 0.2) is 5.78 Å². The summed E-state index contributed by atoms with van der Waals surface area (Å²) in [5, 5.41) is 9.94. The first kappa shape index (κ1) is 13.8. The number of benzene rings is 1. The number of fused-ring (bicyclic) bond motifs is 3. The summed E-state index contributed by atoms with van der Waals surface area (Å²) in [4.78, 5) is 26.6. The lowest BCUT2D eigenvalue weighted by Gasteiger charge is -2.10. The molecule has 0 atom stereocenters. The summed E-state index contributed by atoms with van der Waals surface area (Å²) in [6.07, 6.45) is 5.65. The molecule has 2 aromatic rings. The lowest BCUT2D eigenvalue weighted by Crippen LogP contribution is -2.08. The molecule has 5 nitrogen and oxygen atoms in total. The Hall–Kier alpha value is -2.89. The van der Waals surface area contributed by atoms with E-state index in [9.17, 15) is 19.1 Å². The van der Waals surface area contributed by atoms with Crippen LogP contribution in [-0.4, -0.2) is 28.4 Å². The van der Waals surface area contributed by atoms with E-state index in [1.54, 1.807) is 18.2 Å². The minimum absolute atomic E-state index is 0.127. The van der Waals surface area contributed by atoms with E-state index in [4.69, 9.17) is 4.74 Å². The number of aromatic amines is 1. The Morgan fingerprint density at radius 3 is 2.96 bits per heavy atom. The number of ketones is 1. The number of hydrogen-bond acceptors (Lipinski definition) is 3. The Morgan fingerprint density at radius 2 is 2.22 bits per heavy atom. The quantitative estimate of drug-likeness (QED) is 0.893. The van der Waals surface area contributed by atoms with E-state index in [1.165, 1.54) is 6.07 Å². The van der Waals surface area contributed by atoms with Gasteiger partial charge in [-0.1, -0.05) is 18.2 Å². The molecule has 2 N–H and O–H groups in total. The summed E-state index contributed by atoms with van der Waals surface area (Å²) in [5.74, 6) is -1.47. The Kier molecular flexibility index (Phi) is 2.87. The topological polar surface area (TPSA) is 79.4 Å². The normalized spacial score (nSPS) is 16.4. The van der Waals surface area contributed by atoms with Crippen LogP contribution in [0, 0.1) is 5.82 Å². The second kappa shape index (κ2) is 4.81. The van der Waals surface area contributed by atoms with E-state index >= 15 is 0 Å². The molecule has 0 unspecified atom stereocenters. The van der Waals surface area contributed by atoms with Crippen molar-refractivity contribution >= 4 is 28.2 Å². The second-order valence-electron chi connectivity index (χ2n) is 5.50. The van der Waals surface area contributed by atoms with E-state index in [1.807, 2.05) is 0 Å². The molecule has 0 radical (unpaired) electrons. The zero-order chi connectivity index (χ0) is 16.1. The Labute approximate surface area is 130 Å². The molecule has 0 spiro atoms. The van der Waals surface area contributed by atoms with Crippen molar-refractivity contribution in [1.29, 1.82) is 0 Å². The van der Waals surface area contributed by atoms with Gasteiger partial charge in [0.05, 0.1) is 17.5 Å². The van der Waals surface area contributed by atoms with Crippen molar-refractivity contribution in [2.45, 2.75) is 12.8 Å². The Morgan fingerprint density at radius 1 is 1.39 bits per heavy atom. The van der Waals surface area contributed by atoms with Gasteiger partial charge in [0, 0.05) is 29.5 Å².